The van der Waals surface area contributed by atoms with Gasteiger partial charge < -0.3 is 28.9 Å². The van der Waals surface area contributed by atoms with Crippen LogP contribution in [0.2, 0.25) is 0 Å². The third-order valence-electron chi connectivity index (χ3n) is 5.38. The largest absolute Gasteiger partial charge is 0.464 e. The molecule has 37 heavy (non-hydrogen) atoms. The van der Waals surface area contributed by atoms with E-state index in [1.54, 1.807) is 26.0 Å². The minimum Gasteiger partial charge on any atom is -0.464 e. The maximum atomic E-state index is 14.0. The number of urea groups is 1. The summed E-state index contributed by atoms with van der Waals surface area (Å²) in [5.74, 6) is -2.17. The number of benzene rings is 1. The molecular weight excluding hydrogens is 492 g/mol. The van der Waals surface area contributed by atoms with Gasteiger partial charge in [-0.15, -0.1) is 0 Å². The molecule has 0 saturated heterocycles. The van der Waals surface area contributed by atoms with Crippen molar-refractivity contribution in [2.45, 2.75) is 32.7 Å². The van der Waals surface area contributed by atoms with Gasteiger partial charge in [0.1, 0.15) is 35.8 Å². The smallest absolute Gasteiger partial charge is 0.338 e. The van der Waals surface area contributed by atoms with Crippen LogP contribution >= 0.6 is 0 Å². The number of aromatic nitrogens is 1. The van der Waals surface area contributed by atoms with Gasteiger partial charge in [-0.1, -0.05) is 6.07 Å². The molecule has 2 aromatic heterocycles. The number of furan rings is 1. The highest BCUT2D eigenvalue weighted by atomic mass is 19.1. The van der Waals surface area contributed by atoms with Gasteiger partial charge in [-0.05, 0) is 38.1 Å². The first-order chi connectivity index (χ1) is 17.8. The molecule has 12 heteroatoms. The van der Waals surface area contributed by atoms with E-state index in [0.717, 1.165) is 12.1 Å². The minimum absolute atomic E-state index is 0.0130. The molecule has 1 atom stereocenters. The standard InChI is InChI=1S/C25H23F2N3O7/c1-3-34-24(32)22-16(29-25(33)30-23(22)17-8-7-13(2)36-17)12-35-20(31)10-9-19-28-11-18(37-19)21-14(26)5-4-6-15(21)27/h4-8,11,23H,3,9-10,12H2,1-2H3,(H2,29,30,33)/t23-/m1/s1. The molecule has 0 saturated carbocycles. The Hall–Kier alpha value is -4.48. The number of nitrogens with zero attached hydrogens (tertiary/aromatic N) is 1. The molecule has 0 radical (unpaired) electrons. The molecule has 3 heterocycles. The monoisotopic (exact) mass is 515 g/mol. The number of halogens is 2. The number of rotatable bonds is 9. The Bertz CT molecular complexity index is 1340. The van der Waals surface area contributed by atoms with Crippen molar-refractivity contribution in [2.75, 3.05) is 13.2 Å². The van der Waals surface area contributed by atoms with Crippen molar-refractivity contribution in [3.63, 3.8) is 0 Å². The molecule has 10 nitrogen and oxygen atoms in total. The highest BCUT2D eigenvalue weighted by Crippen LogP contribution is 2.30. The fourth-order valence-electron chi connectivity index (χ4n) is 3.71. The van der Waals surface area contributed by atoms with Crippen LogP contribution in [0.4, 0.5) is 13.6 Å². The zero-order chi connectivity index (χ0) is 26.5. The van der Waals surface area contributed by atoms with E-state index < -0.39 is 42.3 Å². The summed E-state index contributed by atoms with van der Waals surface area (Å²) in [4.78, 5) is 41.3. The number of carbonyl (C=O) groups excluding carboxylic acids is 3. The Labute approximate surface area is 209 Å². The molecule has 1 aliphatic rings. The van der Waals surface area contributed by atoms with Crippen molar-refractivity contribution in [1.29, 1.82) is 0 Å². The second-order valence-corrected chi connectivity index (χ2v) is 7.97. The maximum Gasteiger partial charge on any atom is 0.338 e. The van der Waals surface area contributed by atoms with E-state index in [0.29, 0.717) is 11.5 Å². The molecule has 2 amide bonds. The van der Waals surface area contributed by atoms with Crippen molar-refractivity contribution < 1.29 is 41.5 Å². The van der Waals surface area contributed by atoms with E-state index in [-0.39, 0.29) is 47.9 Å². The Balaban J connectivity index is 1.44. The van der Waals surface area contributed by atoms with Crippen molar-refractivity contribution in [3.05, 3.63) is 76.8 Å². The highest BCUT2D eigenvalue weighted by Gasteiger charge is 2.36. The number of hydrogen-bond donors (Lipinski definition) is 2. The summed E-state index contributed by atoms with van der Waals surface area (Å²) < 4.78 is 49.3. The average molecular weight is 515 g/mol. The molecule has 0 bridgehead atoms. The van der Waals surface area contributed by atoms with Crippen LogP contribution in [0.25, 0.3) is 11.3 Å². The zero-order valence-corrected chi connectivity index (χ0v) is 19.9. The Kier molecular flexibility index (Phi) is 7.66. The highest BCUT2D eigenvalue weighted by molar-refractivity contribution is 5.95. The zero-order valence-electron chi connectivity index (χ0n) is 19.9. The van der Waals surface area contributed by atoms with E-state index in [4.69, 9.17) is 18.3 Å². The van der Waals surface area contributed by atoms with Crippen molar-refractivity contribution in [2.24, 2.45) is 0 Å². The van der Waals surface area contributed by atoms with Crippen LogP contribution in [-0.2, 0) is 25.5 Å². The van der Waals surface area contributed by atoms with Crippen molar-refractivity contribution in [3.8, 4) is 11.3 Å². The number of aryl methyl sites for hydroxylation is 2. The SMILES string of the molecule is CCOC(=O)C1=C(COC(=O)CCc2ncc(-c3c(F)cccc3F)o2)NC(=O)N[C@@H]1c1ccc(C)o1. The average Bonchev–Trinajstić information content (AvgIpc) is 3.50. The Morgan fingerprint density at radius 1 is 1.11 bits per heavy atom. The van der Waals surface area contributed by atoms with Crippen LogP contribution in [0.5, 0.6) is 0 Å². The summed E-state index contributed by atoms with van der Waals surface area (Å²) in [5.41, 5.74) is -0.277. The summed E-state index contributed by atoms with van der Waals surface area (Å²) in [6.07, 6.45) is 0.968. The predicted octanol–water partition coefficient (Wildman–Crippen LogP) is 3.87. The number of ether oxygens (including phenoxy) is 2. The lowest BCUT2D eigenvalue weighted by atomic mass is 10.0. The van der Waals surface area contributed by atoms with Gasteiger partial charge in [-0.3, -0.25) is 4.79 Å². The summed E-state index contributed by atoms with van der Waals surface area (Å²) >= 11 is 0. The fourth-order valence-corrected chi connectivity index (χ4v) is 3.71. The summed E-state index contributed by atoms with van der Waals surface area (Å²) in [6.45, 7) is 3.01. The lowest BCUT2D eigenvalue weighted by molar-refractivity contribution is -0.143. The van der Waals surface area contributed by atoms with Crippen LogP contribution in [0.15, 0.2) is 56.6 Å². The predicted molar refractivity (Wildman–Crippen MR) is 123 cm³/mol. The summed E-state index contributed by atoms with van der Waals surface area (Å²) in [5, 5.41) is 5.09. The number of nitrogens with one attached hydrogen (secondary N) is 2. The Morgan fingerprint density at radius 2 is 1.86 bits per heavy atom. The molecule has 0 aliphatic carbocycles. The first kappa shape index (κ1) is 25.6. The number of carbonyl (C=O) groups is 3. The molecule has 3 aromatic rings. The number of hydrogen-bond acceptors (Lipinski definition) is 8. The molecule has 0 spiro atoms. The molecule has 194 valence electrons. The summed E-state index contributed by atoms with van der Waals surface area (Å²) in [6, 6.07) is 5.15. The number of esters is 2. The van der Waals surface area contributed by atoms with Gasteiger partial charge in [0.2, 0.25) is 0 Å². The van der Waals surface area contributed by atoms with Crippen LogP contribution < -0.4 is 10.6 Å². The topological polar surface area (TPSA) is 133 Å². The molecule has 0 fully saturated rings. The van der Waals surface area contributed by atoms with Crippen molar-refractivity contribution in [1.82, 2.24) is 15.6 Å². The molecule has 2 N–H and O–H groups in total. The Morgan fingerprint density at radius 3 is 2.54 bits per heavy atom. The number of amides is 2. The van der Waals surface area contributed by atoms with E-state index in [1.807, 2.05) is 0 Å². The molecular formula is C25H23F2N3O7. The summed E-state index contributed by atoms with van der Waals surface area (Å²) in [7, 11) is 0. The number of oxazole rings is 1. The molecule has 1 aliphatic heterocycles. The molecule has 1 aromatic carbocycles. The van der Waals surface area contributed by atoms with Gasteiger partial charge in [-0.2, -0.15) is 0 Å². The van der Waals surface area contributed by atoms with Gasteiger partial charge in [0.05, 0.1) is 36.1 Å². The second-order valence-electron chi connectivity index (χ2n) is 7.97. The fraction of sp³-hybridized carbons (Fsp3) is 0.280. The van der Waals surface area contributed by atoms with E-state index in [9.17, 15) is 23.2 Å². The molecule has 0 unspecified atom stereocenters. The van der Waals surface area contributed by atoms with Gasteiger partial charge in [0.15, 0.2) is 11.7 Å². The van der Waals surface area contributed by atoms with Gasteiger partial charge in [0.25, 0.3) is 0 Å². The minimum atomic E-state index is -0.945. The lowest BCUT2D eigenvalue weighted by Gasteiger charge is -2.27. The van der Waals surface area contributed by atoms with Gasteiger partial charge in [-0.25, -0.2) is 23.4 Å². The second kappa shape index (κ2) is 11.1. The van der Waals surface area contributed by atoms with Crippen LogP contribution in [0, 0.1) is 18.6 Å². The van der Waals surface area contributed by atoms with E-state index in [1.165, 1.54) is 12.3 Å². The first-order valence-corrected chi connectivity index (χ1v) is 11.4. The van der Waals surface area contributed by atoms with Crippen LogP contribution in [0.3, 0.4) is 0 Å². The van der Waals surface area contributed by atoms with Gasteiger partial charge in [0, 0.05) is 6.42 Å². The van der Waals surface area contributed by atoms with Crippen LogP contribution in [-0.4, -0.2) is 36.2 Å². The normalized spacial score (nSPS) is 15.2. The molecule has 4 rings (SSSR count). The lowest BCUT2D eigenvalue weighted by Crippen LogP contribution is -2.47. The van der Waals surface area contributed by atoms with E-state index >= 15 is 0 Å². The van der Waals surface area contributed by atoms with E-state index in [2.05, 4.69) is 15.6 Å². The van der Waals surface area contributed by atoms with Crippen molar-refractivity contribution >= 4 is 18.0 Å². The van der Waals surface area contributed by atoms with Gasteiger partial charge >= 0.3 is 18.0 Å². The first-order valence-electron chi connectivity index (χ1n) is 11.4. The maximum absolute atomic E-state index is 14.0. The third-order valence-corrected chi connectivity index (χ3v) is 5.38. The third kappa shape index (κ3) is 5.85. The van der Waals surface area contributed by atoms with Crippen LogP contribution in [0.1, 0.15) is 36.8 Å². The quantitative estimate of drug-likeness (QED) is 0.411.